The number of benzene rings is 1. The third-order valence-electron chi connectivity index (χ3n) is 5.29. The molecule has 0 heterocycles. The molecule has 12 heteroatoms. The Balaban J connectivity index is 3.11. The SMILES string of the molecule is CCC(C)C(NC(=O)C(N)CC(N)=O)C(=O)NC(Cc1ccc(O)cc1)C(=O)NC(C)C(=O)O. The monoisotopic (exact) mass is 479 g/mol. The predicted molar refractivity (Wildman–Crippen MR) is 122 cm³/mol. The van der Waals surface area contributed by atoms with Gasteiger partial charge in [0.25, 0.3) is 0 Å². The molecule has 188 valence electrons. The second kappa shape index (κ2) is 13.1. The van der Waals surface area contributed by atoms with Crippen LogP contribution in [0.1, 0.15) is 39.2 Å². The second-order valence-corrected chi connectivity index (χ2v) is 8.15. The Morgan fingerprint density at radius 2 is 1.53 bits per heavy atom. The van der Waals surface area contributed by atoms with Crippen molar-refractivity contribution in [3.8, 4) is 5.75 Å². The van der Waals surface area contributed by atoms with E-state index >= 15 is 0 Å². The minimum absolute atomic E-state index is 0.00739. The minimum atomic E-state index is -1.25. The zero-order valence-corrected chi connectivity index (χ0v) is 19.4. The van der Waals surface area contributed by atoms with Gasteiger partial charge in [-0.1, -0.05) is 32.4 Å². The van der Waals surface area contributed by atoms with Crippen LogP contribution in [0.25, 0.3) is 0 Å². The van der Waals surface area contributed by atoms with Crippen LogP contribution in [0.15, 0.2) is 24.3 Å². The van der Waals surface area contributed by atoms with E-state index < -0.39 is 60.2 Å². The molecule has 4 amide bonds. The van der Waals surface area contributed by atoms with Crippen LogP contribution in [0.3, 0.4) is 0 Å². The average Bonchev–Trinajstić information content (AvgIpc) is 2.76. The molecule has 0 aliphatic rings. The first-order valence-corrected chi connectivity index (χ1v) is 10.8. The summed E-state index contributed by atoms with van der Waals surface area (Å²) in [6, 6.07) is 1.22. The van der Waals surface area contributed by atoms with Crippen molar-refractivity contribution in [2.75, 3.05) is 0 Å². The maximum Gasteiger partial charge on any atom is 0.325 e. The van der Waals surface area contributed by atoms with Crippen LogP contribution in [0, 0.1) is 5.92 Å². The van der Waals surface area contributed by atoms with E-state index in [2.05, 4.69) is 16.0 Å². The Hall–Kier alpha value is -3.67. The molecule has 5 atom stereocenters. The molecule has 0 saturated carbocycles. The van der Waals surface area contributed by atoms with Crippen molar-refractivity contribution in [1.29, 1.82) is 0 Å². The Morgan fingerprint density at radius 1 is 0.941 bits per heavy atom. The Bertz CT molecular complexity index is 890. The molecule has 0 aliphatic carbocycles. The fraction of sp³-hybridized carbons (Fsp3) is 0.500. The van der Waals surface area contributed by atoms with Gasteiger partial charge < -0.3 is 37.6 Å². The van der Waals surface area contributed by atoms with E-state index in [9.17, 15) is 29.1 Å². The highest BCUT2D eigenvalue weighted by molar-refractivity contribution is 5.95. The van der Waals surface area contributed by atoms with Gasteiger partial charge in [-0.25, -0.2) is 0 Å². The lowest BCUT2D eigenvalue weighted by Gasteiger charge is -2.27. The average molecular weight is 480 g/mol. The smallest absolute Gasteiger partial charge is 0.325 e. The Kier molecular flexibility index (Phi) is 11.0. The predicted octanol–water partition coefficient (Wildman–Crippen LogP) is -1.26. The Morgan fingerprint density at radius 3 is 2.03 bits per heavy atom. The van der Waals surface area contributed by atoms with Gasteiger partial charge in [-0.2, -0.15) is 0 Å². The van der Waals surface area contributed by atoms with Crippen LogP contribution in [0.5, 0.6) is 5.75 Å². The topological polar surface area (TPSA) is 214 Å². The van der Waals surface area contributed by atoms with Crippen LogP contribution < -0.4 is 27.4 Å². The van der Waals surface area contributed by atoms with Gasteiger partial charge in [0.05, 0.1) is 12.5 Å². The first-order valence-electron chi connectivity index (χ1n) is 10.8. The molecule has 0 saturated heterocycles. The lowest BCUT2D eigenvalue weighted by atomic mass is 9.96. The number of carbonyl (C=O) groups excluding carboxylic acids is 4. The van der Waals surface area contributed by atoms with Crippen molar-refractivity contribution in [1.82, 2.24) is 16.0 Å². The molecule has 34 heavy (non-hydrogen) atoms. The molecule has 0 bridgehead atoms. The number of hydrogen-bond acceptors (Lipinski definition) is 7. The molecule has 5 unspecified atom stereocenters. The molecule has 0 aliphatic heterocycles. The summed E-state index contributed by atoms with van der Waals surface area (Å²) in [7, 11) is 0. The number of aromatic hydroxyl groups is 1. The number of phenolic OH excluding ortho intramolecular Hbond substituents is 1. The molecular formula is C22H33N5O7. The van der Waals surface area contributed by atoms with Crippen LogP contribution >= 0.6 is 0 Å². The summed E-state index contributed by atoms with van der Waals surface area (Å²) in [5.41, 5.74) is 11.3. The highest BCUT2D eigenvalue weighted by atomic mass is 16.4. The minimum Gasteiger partial charge on any atom is -0.508 e. The third kappa shape index (κ3) is 9.06. The molecule has 0 radical (unpaired) electrons. The fourth-order valence-electron chi connectivity index (χ4n) is 2.99. The molecule has 1 aromatic carbocycles. The zero-order valence-electron chi connectivity index (χ0n) is 19.4. The van der Waals surface area contributed by atoms with E-state index in [1.165, 1.54) is 19.1 Å². The number of nitrogens with one attached hydrogen (secondary N) is 3. The summed E-state index contributed by atoms with van der Waals surface area (Å²) in [6.45, 7) is 4.79. The molecule has 0 aromatic heterocycles. The highest BCUT2D eigenvalue weighted by Gasteiger charge is 2.32. The van der Waals surface area contributed by atoms with Crippen LogP contribution in [0.2, 0.25) is 0 Å². The van der Waals surface area contributed by atoms with E-state index in [1.54, 1.807) is 26.0 Å². The third-order valence-corrected chi connectivity index (χ3v) is 5.29. The van der Waals surface area contributed by atoms with Crippen molar-refractivity contribution in [2.45, 2.75) is 64.2 Å². The maximum absolute atomic E-state index is 13.1. The van der Waals surface area contributed by atoms with Gasteiger partial charge >= 0.3 is 5.97 Å². The van der Waals surface area contributed by atoms with Gasteiger partial charge in [0.2, 0.25) is 23.6 Å². The number of nitrogens with two attached hydrogens (primary N) is 2. The summed E-state index contributed by atoms with van der Waals surface area (Å²) in [5, 5.41) is 26.0. The molecule has 12 nitrogen and oxygen atoms in total. The number of phenols is 1. The van der Waals surface area contributed by atoms with Crippen molar-refractivity contribution in [3.05, 3.63) is 29.8 Å². The number of aliphatic carboxylic acids is 1. The summed E-state index contributed by atoms with van der Waals surface area (Å²) in [4.78, 5) is 60.5. The van der Waals surface area contributed by atoms with E-state index in [0.29, 0.717) is 12.0 Å². The van der Waals surface area contributed by atoms with Crippen molar-refractivity contribution in [2.24, 2.45) is 17.4 Å². The molecule has 0 fully saturated rings. The number of hydrogen-bond donors (Lipinski definition) is 7. The summed E-state index contributed by atoms with van der Waals surface area (Å²) < 4.78 is 0. The van der Waals surface area contributed by atoms with Crippen LogP contribution in [0.4, 0.5) is 0 Å². The number of rotatable bonds is 13. The molecule has 0 spiro atoms. The normalized spacial score (nSPS) is 15.2. The first-order chi connectivity index (χ1) is 15.8. The number of primary amides is 1. The zero-order chi connectivity index (χ0) is 26.0. The highest BCUT2D eigenvalue weighted by Crippen LogP contribution is 2.13. The maximum atomic E-state index is 13.1. The number of carboxylic acid groups (broad SMARTS) is 1. The first kappa shape index (κ1) is 28.4. The van der Waals surface area contributed by atoms with Gasteiger partial charge in [0.1, 0.15) is 23.9 Å². The largest absolute Gasteiger partial charge is 0.508 e. The summed E-state index contributed by atoms with van der Waals surface area (Å²) in [6.07, 6.45) is 0.0838. The number of carboxylic acids is 1. The lowest BCUT2D eigenvalue weighted by Crippen LogP contribution is -2.59. The quantitative estimate of drug-likeness (QED) is 0.181. The van der Waals surface area contributed by atoms with Gasteiger partial charge in [-0.15, -0.1) is 0 Å². The van der Waals surface area contributed by atoms with Gasteiger partial charge in [0.15, 0.2) is 0 Å². The molecule has 1 aromatic rings. The van der Waals surface area contributed by atoms with Gasteiger partial charge in [-0.3, -0.25) is 24.0 Å². The molecular weight excluding hydrogens is 446 g/mol. The molecule has 9 N–H and O–H groups in total. The van der Waals surface area contributed by atoms with E-state index in [4.69, 9.17) is 16.6 Å². The van der Waals surface area contributed by atoms with Gasteiger partial charge in [0, 0.05) is 6.42 Å². The van der Waals surface area contributed by atoms with E-state index in [-0.39, 0.29) is 18.1 Å². The number of amides is 4. The standard InChI is InChI=1S/C22H33N5O7/c1-4-11(2)18(27-19(30)15(23)10-17(24)29)21(32)26-16(20(31)25-12(3)22(33)34)9-13-5-7-14(28)8-6-13/h5-8,11-12,15-16,18,28H,4,9-10,23H2,1-3H3,(H2,24,29)(H,25,31)(H,26,32)(H,27,30)(H,33,34). The van der Waals surface area contributed by atoms with Crippen LogP contribution in [-0.4, -0.2) is 64.0 Å². The van der Waals surface area contributed by atoms with Crippen molar-refractivity contribution in [3.63, 3.8) is 0 Å². The number of carbonyl (C=O) groups is 5. The molecule has 1 rings (SSSR count). The Labute approximate surface area is 197 Å². The second-order valence-electron chi connectivity index (χ2n) is 8.15. The van der Waals surface area contributed by atoms with E-state index in [0.717, 1.165) is 0 Å². The summed E-state index contributed by atoms with van der Waals surface area (Å²) in [5.74, 6) is -4.55. The van der Waals surface area contributed by atoms with E-state index in [1.807, 2.05) is 0 Å². The summed E-state index contributed by atoms with van der Waals surface area (Å²) >= 11 is 0. The van der Waals surface area contributed by atoms with Crippen LogP contribution in [-0.2, 0) is 30.4 Å². The fourth-order valence-corrected chi connectivity index (χ4v) is 2.99. The lowest BCUT2D eigenvalue weighted by molar-refractivity contribution is -0.141. The van der Waals surface area contributed by atoms with Gasteiger partial charge in [-0.05, 0) is 30.5 Å². The van der Waals surface area contributed by atoms with Crippen molar-refractivity contribution >= 4 is 29.6 Å². The van der Waals surface area contributed by atoms with Crippen molar-refractivity contribution < 1.29 is 34.2 Å².